The number of ether oxygens (including phenoxy) is 4. The van der Waals surface area contributed by atoms with E-state index in [0.717, 1.165) is 31.1 Å². The lowest BCUT2D eigenvalue weighted by atomic mass is 9.86. The van der Waals surface area contributed by atoms with Crippen molar-refractivity contribution in [1.29, 1.82) is 0 Å². The van der Waals surface area contributed by atoms with Crippen molar-refractivity contribution in [2.24, 2.45) is 0 Å². The SMILES string of the molecule is c1ccc(CC(c2ccc(OCC3CO3)cc2)c2ccc(OCC3CO3)cc2)cc1. The molecule has 0 N–H and O–H groups in total. The number of hydrogen-bond acceptors (Lipinski definition) is 4. The number of benzene rings is 3. The Bertz CT molecular complexity index is 870. The molecule has 2 atom stereocenters. The van der Waals surface area contributed by atoms with Crippen molar-refractivity contribution in [3.63, 3.8) is 0 Å². The van der Waals surface area contributed by atoms with Crippen LogP contribution in [0.3, 0.4) is 0 Å². The van der Waals surface area contributed by atoms with Crippen LogP contribution in [0, 0.1) is 0 Å². The molecular formula is C26H26O4. The van der Waals surface area contributed by atoms with Crippen molar-refractivity contribution in [1.82, 2.24) is 0 Å². The molecule has 0 amide bonds. The summed E-state index contributed by atoms with van der Waals surface area (Å²) in [4.78, 5) is 0. The van der Waals surface area contributed by atoms with Crippen molar-refractivity contribution < 1.29 is 18.9 Å². The first-order valence-electron chi connectivity index (χ1n) is 10.6. The first-order chi connectivity index (χ1) is 14.8. The van der Waals surface area contributed by atoms with Crippen molar-refractivity contribution in [3.8, 4) is 11.5 Å². The van der Waals surface area contributed by atoms with E-state index in [0.29, 0.717) is 13.2 Å². The molecule has 2 heterocycles. The fraction of sp³-hybridized carbons (Fsp3) is 0.308. The van der Waals surface area contributed by atoms with Gasteiger partial charge in [0.25, 0.3) is 0 Å². The van der Waals surface area contributed by atoms with Crippen LogP contribution in [-0.4, -0.2) is 38.6 Å². The zero-order valence-corrected chi connectivity index (χ0v) is 16.9. The van der Waals surface area contributed by atoms with Crippen LogP contribution in [0.1, 0.15) is 22.6 Å². The number of epoxide rings is 2. The summed E-state index contributed by atoms with van der Waals surface area (Å²) in [5.74, 6) is 2.03. The maximum Gasteiger partial charge on any atom is 0.119 e. The third-order valence-electron chi connectivity index (χ3n) is 5.52. The summed E-state index contributed by atoms with van der Waals surface area (Å²) in [6.45, 7) is 2.87. The zero-order chi connectivity index (χ0) is 20.2. The summed E-state index contributed by atoms with van der Waals surface area (Å²) in [5, 5.41) is 0. The van der Waals surface area contributed by atoms with Gasteiger partial charge in [0.05, 0.1) is 13.2 Å². The maximum absolute atomic E-state index is 5.80. The highest BCUT2D eigenvalue weighted by molar-refractivity contribution is 5.40. The van der Waals surface area contributed by atoms with Crippen molar-refractivity contribution >= 4 is 0 Å². The fourth-order valence-corrected chi connectivity index (χ4v) is 3.58. The molecule has 2 fully saturated rings. The van der Waals surface area contributed by atoms with Gasteiger partial charge in [0, 0.05) is 5.92 Å². The second-order valence-electron chi connectivity index (χ2n) is 7.91. The second kappa shape index (κ2) is 8.90. The lowest BCUT2D eigenvalue weighted by molar-refractivity contribution is 0.263. The smallest absolute Gasteiger partial charge is 0.119 e. The Hall–Kier alpha value is -2.82. The topological polar surface area (TPSA) is 43.5 Å². The molecule has 2 saturated heterocycles. The molecule has 2 aliphatic heterocycles. The molecule has 0 radical (unpaired) electrons. The Kier molecular flexibility index (Phi) is 5.69. The summed E-state index contributed by atoms with van der Waals surface area (Å²) in [6.07, 6.45) is 1.47. The number of rotatable bonds is 10. The molecule has 3 aromatic carbocycles. The van der Waals surface area contributed by atoms with Crippen molar-refractivity contribution in [2.45, 2.75) is 24.5 Å². The number of hydrogen-bond donors (Lipinski definition) is 0. The Labute approximate surface area is 177 Å². The third kappa shape index (κ3) is 5.21. The maximum atomic E-state index is 5.80. The molecule has 30 heavy (non-hydrogen) atoms. The summed E-state index contributed by atoms with van der Waals surface area (Å²) in [7, 11) is 0. The Morgan fingerprint density at radius 3 is 1.57 bits per heavy atom. The van der Waals surface area contributed by atoms with E-state index in [1.54, 1.807) is 0 Å². The highest BCUT2D eigenvalue weighted by Gasteiger charge is 2.24. The van der Waals surface area contributed by atoms with Crippen LogP contribution in [0.5, 0.6) is 11.5 Å². The van der Waals surface area contributed by atoms with Gasteiger partial charge in [-0.1, -0.05) is 54.6 Å². The molecule has 5 rings (SSSR count). The normalized spacial score (nSPS) is 20.4. The first-order valence-corrected chi connectivity index (χ1v) is 10.6. The van der Waals surface area contributed by atoms with E-state index in [-0.39, 0.29) is 18.1 Å². The molecular weight excluding hydrogens is 376 g/mol. The van der Waals surface area contributed by atoms with E-state index in [4.69, 9.17) is 18.9 Å². The summed E-state index contributed by atoms with van der Waals surface area (Å²) >= 11 is 0. The molecule has 154 valence electrons. The van der Waals surface area contributed by atoms with Gasteiger partial charge in [-0.15, -0.1) is 0 Å². The minimum absolute atomic E-state index is 0.258. The minimum Gasteiger partial charge on any atom is -0.491 e. The monoisotopic (exact) mass is 402 g/mol. The van der Waals surface area contributed by atoms with Gasteiger partial charge in [-0.25, -0.2) is 0 Å². The van der Waals surface area contributed by atoms with E-state index in [1.165, 1.54) is 16.7 Å². The van der Waals surface area contributed by atoms with Gasteiger partial charge in [-0.3, -0.25) is 0 Å². The van der Waals surface area contributed by atoms with E-state index >= 15 is 0 Å². The van der Waals surface area contributed by atoms with Gasteiger partial charge in [0.2, 0.25) is 0 Å². The van der Waals surface area contributed by atoms with Crippen LogP contribution >= 0.6 is 0 Å². The quantitative estimate of drug-likeness (QED) is 0.464. The molecule has 0 aliphatic carbocycles. The van der Waals surface area contributed by atoms with Crippen LogP contribution in [-0.2, 0) is 15.9 Å². The summed E-state index contributed by atoms with van der Waals surface area (Å²) in [5.41, 5.74) is 3.86. The van der Waals surface area contributed by atoms with E-state index < -0.39 is 0 Å². The van der Waals surface area contributed by atoms with Crippen LogP contribution in [0.25, 0.3) is 0 Å². The lowest BCUT2D eigenvalue weighted by Crippen LogP contribution is -2.07. The lowest BCUT2D eigenvalue weighted by Gasteiger charge is -2.19. The molecule has 4 heteroatoms. The molecule has 3 aromatic rings. The summed E-state index contributed by atoms with van der Waals surface area (Å²) in [6, 6.07) is 27.6. The highest BCUT2D eigenvalue weighted by Crippen LogP contribution is 2.31. The molecule has 0 bridgehead atoms. The fourth-order valence-electron chi connectivity index (χ4n) is 3.58. The Morgan fingerprint density at radius 1 is 0.667 bits per heavy atom. The Morgan fingerprint density at radius 2 is 1.13 bits per heavy atom. The zero-order valence-electron chi connectivity index (χ0n) is 16.9. The Balaban J connectivity index is 1.33. The van der Waals surface area contributed by atoms with Gasteiger partial charge < -0.3 is 18.9 Å². The van der Waals surface area contributed by atoms with Gasteiger partial charge >= 0.3 is 0 Å². The summed E-state index contributed by atoms with van der Waals surface area (Å²) < 4.78 is 22.0. The van der Waals surface area contributed by atoms with Gasteiger partial charge in [-0.2, -0.15) is 0 Å². The van der Waals surface area contributed by atoms with E-state index in [2.05, 4.69) is 78.9 Å². The molecule has 0 aromatic heterocycles. The van der Waals surface area contributed by atoms with E-state index in [1.807, 2.05) is 0 Å². The molecule has 0 saturated carbocycles. The predicted octanol–water partition coefficient (Wildman–Crippen LogP) is 4.62. The molecule has 2 aliphatic rings. The second-order valence-corrected chi connectivity index (χ2v) is 7.91. The highest BCUT2D eigenvalue weighted by atomic mass is 16.6. The van der Waals surface area contributed by atoms with Crippen molar-refractivity contribution in [3.05, 3.63) is 95.6 Å². The third-order valence-corrected chi connectivity index (χ3v) is 5.52. The first kappa shape index (κ1) is 19.2. The van der Waals surface area contributed by atoms with Crippen molar-refractivity contribution in [2.75, 3.05) is 26.4 Å². The van der Waals surface area contributed by atoms with Crippen LogP contribution < -0.4 is 9.47 Å². The predicted molar refractivity (Wildman–Crippen MR) is 115 cm³/mol. The van der Waals surface area contributed by atoms with Gasteiger partial charge in [0.15, 0.2) is 0 Å². The standard InChI is InChI=1S/C26H26O4/c1-2-4-19(5-3-1)14-26(20-6-10-22(11-7-20)27-15-24-17-29-24)21-8-12-23(13-9-21)28-16-25-18-30-25/h1-13,24-26H,14-18H2. The minimum atomic E-state index is 0.258. The van der Waals surface area contributed by atoms with Gasteiger partial charge in [-0.05, 0) is 47.4 Å². The van der Waals surface area contributed by atoms with Gasteiger partial charge in [0.1, 0.15) is 36.9 Å². The molecule has 2 unspecified atom stereocenters. The van der Waals surface area contributed by atoms with Crippen LogP contribution in [0.2, 0.25) is 0 Å². The van der Waals surface area contributed by atoms with E-state index in [9.17, 15) is 0 Å². The average Bonchev–Trinajstić information content (AvgIpc) is 3.71. The largest absolute Gasteiger partial charge is 0.491 e. The molecule has 4 nitrogen and oxygen atoms in total. The van der Waals surface area contributed by atoms with Crippen LogP contribution in [0.4, 0.5) is 0 Å². The van der Waals surface area contributed by atoms with Crippen LogP contribution in [0.15, 0.2) is 78.9 Å². The molecule has 0 spiro atoms. The average molecular weight is 402 g/mol.